The average Bonchev–Trinajstić information content (AvgIpc) is 2.29. The number of hydrogen-bond donors (Lipinski definition) is 1. The Morgan fingerprint density at radius 2 is 2.24 bits per heavy atom. The van der Waals surface area contributed by atoms with E-state index in [-0.39, 0.29) is 18.4 Å². The Hall–Kier alpha value is -1.89. The molecule has 0 radical (unpaired) electrons. The molecule has 0 saturated heterocycles. The van der Waals surface area contributed by atoms with E-state index >= 15 is 0 Å². The van der Waals surface area contributed by atoms with Gasteiger partial charge in [0.05, 0.1) is 6.04 Å². The number of allylic oxidation sites excluding steroid dienone is 3. The van der Waals surface area contributed by atoms with Crippen LogP contribution in [-0.2, 0) is 4.79 Å². The molecule has 0 aliphatic heterocycles. The SMILES string of the molecule is C#C/C=C/C=C/[C@@H](C)[C@H](CCCC(=O)O)N=O. The summed E-state index contributed by atoms with van der Waals surface area (Å²) in [4.78, 5) is 21.0. The topological polar surface area (TPSA) is 66.7 Å². The Balaban J connectivity index is 4.12. The quantitative estimate of drug-likeness (QED) is 0.399. The van der Waals surface area contributed by atoms with Gasteiger partial charge in [-0.05, 0) is 18.9 Å². The van der Waals surface area contributed by atoms with E-state index in [9.17, 15) is 9.70 Å². The number of nitroso groups, excluding NO2 is 1. The molecule has 1 N–H and O–H groups in total. The zero-order valence-electron chi connectivity index (χ0n) is 9.87. The predicted molar refractivity (Wildman–Crippen MR) is 67.3 cm³/mol. The highest BCUT2D eigenvalue weighted by Crippen LogP contribution is 2.15. The number of carboxylic acids is 1. The van der Waals surface area contributed by atoms with Crippen molar-refractivity contribution in [3.63, 3.8) is 0 Å². The lowest BCUT2D eigenvalue weighted by atomic mass is 9.97. The number of rotatable bonds is 8. The van der Waals surface area contributed by atoms with Gasteiger partial charge in [0.25, 0.3) is 0 Å². The zero-order chi connectivity index (χ0) is 13.1. The summed E-state index contributed by atoms with van der Waals surface area (Å²) < 4.78 is 0. The summed E-state index contributed by atoms with van der Waals surface area (Å²) in [5.41, 5.74) is 0. The molecule has 0 amide bonds. The van der Waals surface area contributed by atoms with Gasteiger partial charge in [0.1, 0.15) is 0 Å². The van der Waals surface area contributed by atoms with E-state index in [0.29, 0.717) is 12.8 Å². The molecule has 0 bridgehead atoms. The fourth-order valence-corrected chi connectivity index (χ4v) is 1.35. The molecule has 0 rings (SSSR count). The van der Waals surface area contributed by atoms with E-state index in [1.807, 2.05) is 13.0 Å². The van der Waals surface area contributed by atoms with Crippen LogP contribution >= 0.6 is 0 Å². The molecule has 0 unspecified atom stereocenters. The van der Waals surface area contributed by atoms with Crippen molar-refractivity contribution in [2.24, 2.45) is 11.1 Å². The number of aliphatic carboxylic acids is 1. The highest BCUT2D eigenvalue weighted by Gasteiger charge is 2.15. The molecule has 0 saturated carbocycles. The molecule has 0 fully saturated rings. The van der Waals surface area contributed by atoms with E-state index in [4.69, 9.17) is 11.5 Å². The van der Waals surface area contributed by atoms with Gasteiger partial charge in [-0.2, -0.15) is 4.91 Å². The molecule has 0 aliphatic rings. The van der Waals surface area contributed by atoms with Crippen LogP contribution in [0.15, 0.2) is 29.5 Å². The van der Waals surface area contributed by atoms with Crippen molar-refractivity contribution in [1.82, 2.24) is 0 Å². The summed E-state index contributed by atoms with van der Waals surface area (Å²) >= 11 is 0. The standard InChI is InChI=1S/C13H17NO3/c1-3-4-5-6-8-11(2)12(14-17)9-7-10-13(15)16/h1,4-6,8,11-12H,7,9-10H2,2H3,(H,15,16)/b5-4+,8-6+/t11-,12+/m1/s1. The van der Waals surface area contributed by atoms with Crippen molar-refractivity contribution in [3.8, 4) is 12.3 Å². The van der Waals surface area contributed by atoms with Crippen LogP contribution in [0, 0.1) is 23.2 Å². The van der Waals surface area contributed by atoms with E-state index < -0.39 is 5.97 Å². The fraction of sp³-hybridized carbons (Fsp3) is 0.462. The first-order chi connectivity index (χ1) is 8.11. The van der Waals surface area contributed by atoms with Crippen molar-refractivity contribution in [2.75, 3.05) is 0 Å². The van der Waals surface area contributed by atoms with Gasteiger partial charge in [-0.1, -0.05) is 36.2 Å². The van der Waals surface area contributed by atoms with Crippen LogP contribution in [0.3, 0.4) is 0 Å². The van der Waals surface area contributed by atoms with Gasteiger partial charge in [0.15, 0.2) is 0 Å². The number of hydrogen-bond acceptors (Lipinski definition) is 3. The van der Waals surface area contributed by atoms with Gasteiger partial charge in [0.2, 0.25) is 0 Å². The second-order valence-corrected chi connectivity index (χ2v) is 3.73. The summed E-state index contributed by atoms with van der Waals surface area (Å²) in [5.74, 6) is 1.47. The number of carboxylic acid groups (broad SMARTS) is 1. The lowest BCUT2D eigenvalue weighted by Crippen LogP contribution is -2.13. The van der Waals surface area contributed by atoms with Crippen molar-refractivity contribution < 1.29 is 9.90 Å². The molecule has 4 nitrogen and oxygen atoms in total. The summed E-state index contributed by atoms with van der Waals surface area (Å²) in [6, 6.07) is -0.384. The first-order valence-electron chi connectivity index (χ1n) is 5.45. The first-order valence-corrected chi connectivity index (χ1v) is 5.45. The van der Waals surface area contributed by atoms with Crippen LogP contribution in [0.1, 0.15) is 26.2 Å². The molecule has 0 aromatic rings. The monoisotopic (exact) mass is 235 g/mol. The molecule has 17 heavy (non-hydrogen) atoms. The van der Waals surface area contributed by atoms with Gasteiger partial charge < -0.3 is 5.11 Å². The average molecular weight is 235 g/mol. The maximum atomic E-state index is 10.6. The van der Waals surface area contributed by atoms with E-state index in [1.165, 1.54) is 0 Å². The van der Waals surface area contributed by atoms with Crippen molar-refractivity contribution in [2.45, 2.75) is 32.2 Å². The Morgan fingerprint density at radius 1 is 1.53 bits per heavy atom. The van der Waals surface area contributed by atoms with Crippen molar-refractivity contribution >= 4 is 5.97 Å². The Labute approximate surface area is 101 Å². The van der Waals surface area contributed by atoms with Crippen LogP contribution < -0.4 is 0 Å². The van der Waals surface area contributed by atoms with Gasteiger partial charge in [0, 0.05) is 12.3 Å². The number of carbonyl (C=O) groups is 1. The number of nitrogens with zero attached hydrogens (tertiary/aromatic N) is 1. The van der Waals surface area contributed by atoms with Crippen molar-refractivity contribution in [3.05, 3.63) is 29.2 Å². The van der Waals surface area contributed by atoms with Crippen LogP contribution in [0.4, 0.5) is 0 Å². The van der Waals surface area contributed by atoms with Crippen LogP contribution in [0.5, 0.6) is 0 Å². The molecule has 0 heterocycles. The molecule has 0 spiro atoms. The van der Waals surface area contributed by atoms with E-state index in [0.717, 1.165) is 0 Å². The Morgan fingerprint density at radius 3 is 2.76 bits per heavy atom. The molecule has 2 atom stereocenters. The third kappa shape index (κ3) is 7.97. The lowest BCUT2D eigenvalue weighted by molar-refractivity contribution is -0.137. The molecule has 0 aliphatic carbocycles. The molecular weight excluding hydrogens is 218 g/mol. The lowest BCUT2D eigenvalue weighted by Gasteiger charge is -2.12. The van der Waals surface area contributed by atoms with E-state index in [1.54, 1.807) is 18.2 Å². The minimum atomic E-state index is -0.852. The van der Waals surface area contributed by atoms with Gasteiger partial charge in [-0.3, -0.25) is 4.79 Å². The summed E-state index contributed by atoms with van der Waals surface area (Å²) in [5, 5.41) is 11.5. The highest BCUT2D eigenvalue weighted by atomic mass is 16.4. The van der Waals surface area contributed by atoms with Gasteiger partial charge >= 0.3 is 5.97 Å². The second kappa shape index (κ2) is 9.34. The summed E-state index contributed by atoms with van der Waals surface area (Å²) in [7, 11) is 0. The fourth-order valence-electron chi connectivity index (χ4n) is 1.35. The maximum absolute atomic E-state index is 10.6. The Bertz CT molecular complexity index is 339. The molecule has 0 aromatic carbocycles. The van der Waals surface area contributed by atoms with Gasteiger partial charge in [-0.15, -0.1) is 6.42 Å². The van der Waals surface area contributed by atoms with Crippen molar-refractivity contribution in [1.29, 1.82) is 0 Å². The Kier molecular flexibility index (Phi) is 8.31. The van der Waals surface area contributed by atoms with Gasteiger partial charge in [-0.25, -0.2) is 0 Å². The minimum Gasteiger partial charge on any atom is -0.481 e. The molecule has 0 aromatic heterocycles. The normalized spacial score (nSPS) is 14.6. The molecular formula is C13H17NO3. The minimum absolute atomic E-state index is 0.0243. The third-order valence-electron chi connectivity index (χ3n) is 2.35. The molecule has 4 heteroatoms. The summed E-state index contributed by atoms with van der Waals surface area (Å²) in [6.07, 6.45) is 12.9. The maximum Gasteiger partial charge on any atom is 0.303 e. The molecule has 92 valence electrons. The summed E-state index contributed by atoms with van der Waals surface area (Å²) in [6.45, 7) is 1.87. The van der Waals surface area contributed by atoms with E-state index in [2.05, 4.69) is 11.1 Å². The predicted octanol–water partition coefficient (Wildman–Crippen LogP) is 2.76. The third-order valence-corrected chi connectivity index (χ3v) is 2.35. The first kappa shape index (κ1) is 15.1. The van der Waals surface area contributed by atoms with Crippen LogP contribution in [0.25, 0.3) is 0 Å². The number of terminal acetylenes is 1. The zero-order valence-corrected chi connectivity index (χ0v) is 9.87. The van der Waals surface area contributed by atoms with Crippen LogP contribution in [0.2, 0.25) is 0 Å². The smallest absolute Gasteiger partial charge is 0.303 e. The largest absolute Gasteiger partial charge is 0.481 e. The highest BCUT2D eigenvalue weighted by molar-refractivity contribution is 5.66. The van der Waals surface area contributed by atoms with Crippen LogP contribution in [-0.4, -0.2) is 17.1 Å². The second-order valence-electron chi connectivity index (χ2n) is 3.73.